The zero-order chi connectivity index (χ0) is 21.7. The zero-order valence-corrected chi connectivity index (χ0v) is 19.2. The van der Waals surface area contributed by atoms with E-state index < -0.39 is 0 Å². The smallest absolute Gasteiger partial charge is 0.242 e. The van der Waals surface area contributed by atoms with Crippen LogP contribution in [0.15, 0.2) is 35.7 Å². The van der Waals surface area contributed by atoms with Crippen LogP contribution < -0.4 is 4.74 Å². The Morgan fingerprint density at radius 2 is 1.97 bits per heavy atom. The maximum absolute atomic E-state index is 13.3. The molecular formula is C24H32N2O3S. The van der Waals surface area contributed by atoms with Crippen molar-refractivity contribution in [3.8, 4) is 5.75 Å². The van der Waals surface area contributed by atoms with E-state index in [2.05, 4.69) is 11.4 Å². The number of ether oxygens (including phenoxy) is 1. The molecule has 0 aliphatic carbocycles. The first-order valence-electron chi connectivity index (χ1n) is 10.7. The first-order valence-corrected chi connectivity index (χ1v) is 11.6. The third-order valence-electron chi connectivity index (χ3n) is 5.47. The number of hydrogen-bond acceptors (Lipinski definition) is 4. The molecule has 6 heteroatoms. The number of carbonyl (C=O) groups excluding carboxylic acids is 2. The van der Waals surface area contributed by atoms with E-state index in [0.717, 1.165) is 18.6 Å². The summed E-state index contributed by atoms with van der Waals surface area (Å²) >= 11 is 1.74. The van der Waals surface area contributed by atoms with Gasteiger partial charge in [0.2, 0.25) is 11.8 Å². The third kappa shape index (κ3) is 5.22. The number of amides is 2. The number of aryl methyl sites for hydroxylation is 1. The van der Waals surface area contributed by atoms with Crippen molar-refractivity contribution in [3.05, 3.63) is 51.7 Å². The molecule has 0 unspecified atom stereocenters. The molecule has 0 radical (unpaired) electrons. The van der Waals surface area contributed by atoms with Crippen LogP contribution in [-0.4, -0.2) is 47.9 Å². The van der Waals surface area contributed by atoms with Gasteiger partial charge < -0.3 is 14.5 Å². The summed E-state index contributed by atoms with van der Waals surface area (Å²) in [5.74, 6) is 0.713. The lowest BCUT2D eigenvalue weighted by atomic mass is 10.00. The van der Waals surface area contributed by atoms with Crippen LogP contribution in [-0.2, 0) is 16.0 Å². The minimum atomic E-state index is -0.133. The van der Waals surface area contributed by atoms with Crippen LogP contribution in [0.25, 0.3) is 0 Å². The molecule has 2 amide bonds. The van der Waals surface area contributed by atoms with E-state index >= 15 is 0 Å². The summed E-state index contributed by atoms with van der Waals surface area (Å²) in [6.45, 7) is 9.63. The van der Waals surface area contributed by atoms with E-state index in [9.17, 15) is 9.59 Å². The number of hydrogen-bond donors (Lipinski definition) is 0. The average Bonchev–Trinajstić information content (AvgIpc) is 3.21. The lowest BCUT2D eigenvalue weighted by Gasteiger charge is -2.37. The second-order valence-corrected chi connectivity index (χ2v) is 9.19. The molecule has 0 bridgehead atoms. The quantitative estimate of drug-likeness (QED) is 0.624. The summed E-state index contributed by atoms with van der Waals surface area (Å²) in [5, 5.41) is 2.09. The van der Waals surface area contributed by atoms with Gasteiger partial charge in [-0.2, -0.15) is 0 Å². The summed E-state index contributed by atoms with van der Waals surface area (Å²) < 4.78 is 6.08. The number of thiophene rings is 1. The first-order chi connectivity index (χ1) is 14.4. The van der Waals surface area contributed by atoms with E-state index in [-0.39, 0.29) is 30.3 Å². The fourth-order valence-electron chi connectivity index (χ4n) is 3.84. The summed E-state index contributed by atoms with van der Waals surface area (Å²) in [4.78, 5) is 30.8. The van der Waals surface area contributed by atoms with Crippen LogP contribution in [0.5, 0.6) is 5.75 Å². The standard InChI is InChI=1S/C24H32N2O3S/c1-5-12-25(24(28)17(2)3)15-23(27)26-13-10-22-20(11-14-30-22)21(26)16-29-19-8-6-18(4)7-9-19/h6-9,11,14,17,21H,5,10,12-13,15-16H2,1-4H3/t21-/m1/s1. The molecule has 1 aliphatic rings. The Balaban J connectivity index is 1.76. The van der Waals surface area contributed by atoms with Crippen LogP contribution in [0.2, 0.25) is 0 Å². The lowest BCUT2D eigenvalue weighted by molar-refractivity contribution is -0.144. The second kappa shape index (κ2) is 10.1. The molecule has 0 spiro atoms. The minimum absolute atomic E-state index is 0.00759. The fraction of sp³-hybridized carbons (Fsp3) is 0.500. The van der Waals surface area contributed by atoms with Crippen molar-refractivity contribution in [3.63, 3.8) is 0 Å². The Hall–Kier alpha value is -2.34. The molecule has 1 aromatic carbocycles. The van der Waals surface area contributed by atoms with Crippen molar-refractivity contribution >= 4 is 23.2 Å². The van der Waals surface area contributed by atoms with Gasteiger partial charge in [-0.25, -0.2) is 0 Å². The Kier molecular flexibility index (Phi) is 7.53. The molecule has 2 aromatic rings. The van der Waals surface area contributed by atoms with Gasteiger partial charge >= 0.3 is 0 Å². The highest BCUT2D eigenvalue weighted by atomic mass is 32.1. The summed E-state index contributed by atoms with van der Waals surface area (Å²) in [6.07, 6.45) is 1.69. The van der Waals surface area contributed by atoms with Crippen molar-refractivity contribution in [2.45, 2.75) is 46.6 Å². The van der Waals surface area contributed by atoms with Crippen molar-refractivity contribution in [1.29, 1.82) is 0 Å². The highest BCUT2D eigenvalue weighted by Crippen LogP contribution is 2.34. The average molecular weight is 429 g/mol. The molecule has 0 fully saturated rings. The first kappa shape index (κ1) is 22.3. The van der Waals surface area contributed by atoms with Crippen molar-refractivity contribution < 1.29 is 14.3 Å². The van der Waals surface area contributed by atoms with Crippen LogP contribution in [0.4, 0.5) is 0 Å². The Morgan fingerprint density at radius 1 is 1.23 bits per heavy atom. The van der Waals surface area contributed by atoms with Gasteiger partial charge in [-0.05, 0) is 48.9 Å². The summed E-state index contributed by atoms with van der Waals surface area (Å²) in [7, 11) is 0. The molecule has 162 valence electrons. The Labute approximate surface area is 183 Å². The van der Waals surface area contributed by atoms with Gasteiger partial charge in [-0.1, -0.05) is 38.5 Å². The molecule has 30 heavy (non-hydrogen) atoms. The van der Waals surface area contributed by atoms with Gasteiger partial charge in [0.25, 0.3) is 0 Å². The lowest BCUT2D eigenvalue weighted by Crippen LogP contribution is -2.48. The summed E-state index contributed by atoms with van der Waals surface area (Å²) in [5.41, 5.74) is 2.35. The molecule has 1 aliphatic heterocycles. The van der Waals surface area contributed by atoms with Crippen LogP contribution >= 0.6 is 11.3 Å². The highest BCUT2D eigenvalue weighted by Gasteiger charge is 2.33. The normalized spacial score (nSPS) is 15.8. The van der Waals surface area contributed by atoms with E-state index in [1.807, 2.05) is 56.9 Å². The molecule has 5 nitrogen and oxygen atoms in total. The number of benzene rings is 1. The Morgan fingerprint density at radius 3 is 2.63 bits per heavy atom. The topological polar surface area (TPSA) is 49.9 Å². The largest absolute Gasteiger partial charge is 0.491 e. The third-order valence-corrected chi connectivity index (χ3v) is 6.47. The SMILES string of the molecule is CCCN(CC(=O)N1CCc2sccc2[C@H]1COc1ccc(C)cc1)C(=O)C(C)C. The molecule has 0 saturated heterocycles. The monoisotopic (exact) mass is 428 g/mol. The van der Waals surface area contributed by atoms with Crippen molar-refractivity contribution in [1.82, 2.24) is 9.80 Å². The van der Waals surface area contributed by atoms with Gasteiger partial charge in [-0.3, -0.25) is 9.59 Å². The second-order valence-electron chi connectivity index (χ2n) is 8.19. The van der Waals surface area contributed by atoms with Crippen molar-refractivity contribution in [2.24, 2.45) is 5.92 Å². The number of fused-ring (bicyclic) bond motifs is 1. The predicted octanol–water partition coefficient (Wildman–Crippen LogP) is 4.46. The molecule has 3 rings (SSSR count). The van der Waals surface area contributed by atoms with Gasteiger partial charge in [0.1, 0.15) is 12.4 Å². The molecule has 2 heterocycles. The number of nitrogens with zero attached hydrogens (tertiary/aromatic N) is 2. The molecule has 0 N–H and O–H groups in total. The van der Waals surface area contributed by atoms with Gasteiger partial charge in [0, 0.05) is 23.9 Å². The van der Waals surface area contributed by atoms with Crippen LogP contribution in [0.1, 0.15) is 49.2 Å². The van der Waals surface area contributed by atoms with Crippen molar-refractivity contribution in [2.75, 3.05) is 26.2 Å². The number of carbonyl (C=O) groups is 2. The summed E-state index contributed by atoms with van der Waals surface area (Å²) in [6, 6.07) is 9.94. The number of rotatable bonds is 8. The van der Waals surface area contributed by atoms with E-state index in [0.29, 0.717) is 19.7 Å². The highest BCUT2D eigenvalue weighted by molar-refractivity contribution is 7.10. The van der Waals surface area contributed by atoms with Crippen LogP contribution in [0, 0.1) is 12.8 Å². The maximum atomic E-state index is 13.3. The minimum Gasteiger partial charge on any atom is -0.491 e. The Bertz CT molecular complexity index is 860. The fourth-order valence-corrected chi connectivity index (χ4v) is 4.77. The van der Waals surface area contributed by atoms with E-state index in [1.54, 1.807) is 16.2 Å². The molecule has 1 atom stereocenters. The van der Waals surface area contributed by atoms with Gasteiger partial charge in [-0.15, -0.1) is 11.3 Å². The molecule has 1 aromatic heterocycles. The van der Waals surface area contributed by atoms with E-state index in [4.69, 9.17) is 4.74 Å². The maximum Gasteiger partial charge on any atom is 0.242 e. The van der Waals surface area contributed by atoms with E-state index in [1.165, 1.54) is 16.0 Å². The molecule has 0 saturated carbocycles. The predicted molar refractivity (Wildman–Crippen MR) is 121 cm³/mol. The van der Waals surface area contributed by atoms with Gasteiger partial charge in [0.15, 0.2) is 0 Å². The van der Waals surface area contributed by atoms with Crippen LogP contribution in [0.3, 0.4) is 0 Å². The zero-order valence-electron chi connectivity index (χ0n) is 18.4. The van der Waals surface area contributed by atoms with Gasteiger partial charge in [0.05, 0.1) is 12.6 Å². The molecular weight excluding hydrogens is 396 g/mol.